The predicted octanol–water partition coefficient (Wildman–Crippen LogP) is 1.95. The quantitative estimate of drug-likeness (QED) is 0.695. The molecule has 0 aliphatic carbocycles. The molecule has 0 radical (unpaired) electrons. The number of carbonyl (C=O) groups excluding carboxylic acids is 3. The van der Waals surface area contributed by atoms with Crippen LogP contribution in [0.4, 0.5) is 4.79 Å². The Bertz CT molecular complexity index is 577. The minimum Gasteiger partial charge on any atom is -0.346 e. The second-order valence-electron chi connectivity index (χ2n) is 7.35. The van der Waals surface area contributed by atoms with Crippen LogP contribution in [0.15, 0.2) is 30.3 Å². The zero-order valence-electron chi connectivity index (χ0n) is 15.0. The van der Waals surface area contributed by atoms with Crippen LogP contribution >= 0.6 is 0 Å². The lowest BCUT2D eigenvalue weighted by Crippen LogP contribution is -2.52. The van der Waals surface area contributed by atoms with Gasteiger partial charge >= 0.3 is 6.03 Å². The van der Waals surface area contributed by atoms with Crippen molar-refractivity contribution in [2.75, 3.05) is 6.54 Å². The van der Waals surface area contributed by atoms with Crippen LogP contribution in [0, 0.1) is 5.41 Å². The number of aldehydes is 1. The van der Waals surface area contributed by atoms with Crippen molar-refractivity contribution < 1.29 is 14.4 Å². The van der Waals surface area contributed by atoms with E-state index in [1.54, 1.807) is 0 Å². The Hall–Kier alpha value is -2.37. The standard InChI is InChI=1S/C18H27N3O3/c1-17(2,3)14(12-22)20-16(24)19-11-15(23)21-18(4,5)13-9-7-6-8-10-13/h6-10,12,14H,11H2,1-5H3,(H,21,23)(H2,19,20,24). The van der Waals surface area contributed by atoms with Gasteiger partial charge in [-0.25, -0.2) is 4.79 Å². The van der Waals surface area contributed by atoms with Crippen molar-refractivity contribution in [1.29, 1.82) is 0 Å². The first kappa shape index (κ1) is 19.7. The van der Waals surface area contributed by atoms with Gasteiger partial charge in [0.15, 0.2) is 0 Å². The van der Waals surface area contributed by atoms with Gasteiger partial charge in [0.1, 0.15) is 6.29 Å². The molecule has 0 bridgehead atoms. The fourth-order valence-corrected chi connectivity index (χ4v) is 2.13. The molecule has 6 heteroatoms. The Balaban J connectivity index is 2.51. The molecule has 1 rings (SSSR count). The third-order valence-corrected chi connectivity index (χ3v) is 3.71. The van der Waals surface area contributed by atoms with Gasteiger partial charge in [-0.2, -0.15) is 0 Å². The number of rotatable bonds is 6. The van der Waals surface area contributed by atoms with Crippen LogP contribution in [0.5, 0.6) is 0 Å². The highest BCUT2D eigenvalue weighted by Crippen LogP contribution is 2.19. The van der Waals surface area contributed by atoms with Crippen LogP contribution in [0.25, 0.3) is 0 Å². The molecule has 1 atom stereocenters. The number of benzene rings is 1. The number of nitrogens with one attached hydrogen (secondary N) is 3. The zero-order chi connectivity index (χ0) is 18.4. The van der Waals surface area contributed by atoms with E-state index < -0.39 is 23.0 Å². The van der Waals surface area contributed by atoms with Gasteiger partial charge in [0.2, 0.25) is 5.91 Å². The average molecular weight is 333 g/mol. The summed E-state index contributed by atoms with van der Waals surface area (Å²) in [4.78, 5) is 35.0. The fraction of sp³-hybridized carbons (Fsp3) is 0.500. The molecular formula is C18H27N3O3. The van der Waals surface area contributed by atoms with E-state index in [0.717, 1.165) is 5.56 Å². The highest BCUT2D eigenvalue weighted by Gasteiger charge is 2.26. The maximum absolute atomic E-state index is 12.1. The number of hydrogen-bond donors (Lipinski definition) is 3. The van der Waals surface area contributed by atoms with Gasteiger partial charge in [-0.15, -0.1) is 0 Å². The van der Waals surface area contributed by atoms with E-state index in [9.17, 15) is 14.4 Å². The third-order valence-electron chi connectivity index (χ3n) is 3.71. The molecule has 0 saturated heterocycles. The minimum absolute atomic E-state index is 0.169. The lowest BCUT2D eigenvalue weighted by atomic mass is 9.88. The van der Waals surface area contributed by atoms with Crippen molar-refractivity contribution in [3.63, 3.8) is 0 Å². The van der Waals surface area contributed by atoms with Crippen LogP contribution in [0.3, 0.4) is 0 Å². The lowest BCUT2D eigenvalue weighted by molar-refractivity contribution is -0.121. The first-order valence-corrected chi connectivity index (χ1v) is 7.92. The number of urea groups is 1. The normalized spacial score (nSPS) is 12.9. The minimum atomic E-state index is -0.624. The van der Waals surface area contributed by atoms with Crippen molar-refractivity contribution in [1.82, 2.24) is 16.0 Å². The molecule has 0 aliphatic heterocycles. The Kier molecular flexibility index (Phi) is 6.51. The maximum atomic E-state index is 12.1. The Morgan fingerprint density at radius 1 is 1.08 bits per heavy atom. The van der Waals surface area contributed by atoms with Crippen LogP contribution < -0.4 is 16.0 Å². The van der Waals surface area contributed by atoms with Gasteiger partial charge in [0.25, 0.3) is 0 Å². The highest BCUT2D eigenvalue weighted by molar-refractivity contribution is 5.85. The molecule has 6 nitrogen and oxygen atoms in total. The van der Waals surface area contributed by atoms with E-state index >= 15 is 0 Å². The Labute approximate surface area is 143 Å². The molecule has 1 aromatic carbocycles. The monoisotopic (exact) mass is 333 g/mol. The van der Waals surface area contributed by atoms with Crippen LogP contribution in [-0.2, 0) is 15.1 Å². The molecule has 1 unspecified atom stereocenters. The summed E-state index contributed by atoms with van der Waals surface area (Å²) in [7, 11) is 0. The van der Waals surface area contributed by atoms with Crippen molar-refractivity contribution in [2.24, 2.45) is 5.41 Å². The average Bonchev–Trinajstić information content (AvgIpc) is 2.50. The van der Waals surface area contributed by atoms with Gasteiger partial charge < -0.3 is 20.7 Å². The number of hydrogen-bond acceptors (Lipinski definition) is 3. The lowest BCUT2D eigenvalue weighted by Gasteiger charge is -2.28. The summed E-state index contributed by atoms with van der Waals surface area (Å²) in [5, 5.41) is 7.91. The van der Waals surface area contributed by atoms with Crippen LogP contribution in [-0.4, -0.2) is 30.8 Å². The van der Waals surface area contributed by atoms with Crippen LogP contribution in [0.1, 0.15) is 40.2 Å². The Morgan fingerprint density at radius 3 is 2.17 bits per heavy atom. The molecule has 0 aromatic heterocycles. The van der Waals surface area contributed by atoms with Gasteiger partial charge in [-0.1, -0.05) is 51.1 Å². The SMILES string of the molecule is CC(C)(NC(=O)CNC(=O)NC(C=O)C(C)(C)C)c1ccccc1. The maximum Gasteiger partial charge on any atom is 0.315 e. The molecule has 0 aliphatic rings. The van der Waals surface area contributed by atoms with E-state index in [4.69, 9.17) is 0 Å². The van der Waals surface area contributed by atoms with Crippen molar-refractivity contribution >= 4 is 18.2 Å². The first-order valence-electron chi connectivity index (χ1n) is 7.92. The summed E-state index contributed by atoms with van der Waals surface area (Å²) < 4.78 is 0. The molecule has 0 saturated carbocycles. The molecule has 0 spiro atoms. The van der Waals surface area contributed by atoms with Gasteiger partial charge in [-0.05, 0) is 24.8 Å². The second kappa shape index (κ2) is 7.95. The molecule has 3 amide bonds. The summed E-state index contributed by atoms with van der Waals surface area (Å²) >= 11 is 0. The Morgan fingerprint density at radius 2 is 1.67 bits per heavy atom. The van der Waals surface area contributed by atoms with E-state index in [-0.39, 0.29) is 12.5 Å². The van der Waals surface area contributed by atoms with Gasteiger partial charge in [0, 0.05) is 0 Å². The summed E-state index contributed by atoms with van der Waals surface area (Å²) in [6.07, 6.45) is 0.693. The number of amides is 3. The van der Waals surface area contributed by atoms with E-state index in [1.807, 2.05) is 65.0 Å². The summed E-state index contributed by atoms with van der Waals surface area (Å²) in [6, 6.07) is 8.40. The smallest absolute Gasteiger partial charge is 0.315 e. The van der Waals surface area contributed by atoms with E-state index in [0.29, 0.717) is 6.29 Å². The summed E-state index contributed by atoms with van der Waals surface area (Å²) in [6.45, 7) is 9.16. The van der Waals surface area contributed by atoms with Crippen molar-refractivity contribution in [3.05, 3.63) is 35.9 Å². The molecular weight excluding hydrogens is 306 g/mol. The summed E-state index contributed by atoms with van der Waals surface area (Å²) in [5.74, 6) is -0.308. The second-order valence-corrected chi connectivity index (χ2v) is 7.35. The molecule has 0 heterocycles. The molecule has 24 heavy (non-hydrogen) atoms. The third kappa shape index (κ3) is 6.02. The van der Waals surface area contributed by atoms with E-state index in [2.05, 4.69) is 16.0 Å². The summed E-state index contributed by atoms with van der Waals surface area (Å²) in [5.41, 5.74) is 0.0284. The van der Waals surface area contributed by atoms with Crippen molar-refractivity contribution in [2.45, 2.75) is 46.2 Å². The van der Waals surface area contributed by atoms with Crippen molar-refractivity contribution in [3.8, 4) is 0 Å². The van der Waals surface area contributed by atoms with Crippen LogP contribution in [0.2, 0.25) is 0 Å². The predicted molar refractivity (Wildman–Crippen MR) is 93.5 cm³/mol. The molecule has 3 N–H and O–H groups in total. The fourth-order valence-electron chi connectivity index (χ4n) is 2.13. The van der Waals surface area contributed by atoms with E-state index in [1.165, 1.54) is 0 Å². The number of carbonyl (C=O) groups is 3. The molecule has 0 fully saturated rings. The van der Waals surface area contributed by atoms with Gasteiger partial charge in [-0.3, -0.25) is 4.79 Å². The zero-order valence-corrected chi connectivity index (χ0v) is 15.0. The molecule has 1 aromatic rings. The largest absolute Gasteiger partial charge is 0.346 e. The highest BCUT2D eigenvalue weighted by atomic mass is 16.2. The topological polar surface area (TPSA) is 87.3 Å². The molecule has 132 valence electrons. The van der Waals surface area contributed by atoms with Gasteiger partial charge in [0.05, 0.1) is 18.1 Å². The first-order chi connectivity index (χ1) is 11.1.